The fraction of sp³-hybridized carbons (Fsp3) is 0.556. The summed E-state index contributed by atoms with van der Waals surface area (Å²) in [5.41, 5.74) is 0. The fourth-order valence-electron chi connectivity index (χ4n) is 1.37. The minimum atomic E-state index is 0.787. The van der Waals surface area contributed by atoms with E-state index < -0.39 is 0 Å². The molecule has 0 bridgehead atoms. The first-order valence-corrected chi connectivity index (χ1v) is 5.35. The molecule has 12 heavy (non-hydrogen) atoms. The molecule has 0 aliphatic carbocycles. The zero-order valence-electron chi connectivity index (χ0n) is 6.95. The average Bonchev–Trinajstić information content (AvgIpc) is 2.74. The van der Waals surface area contributed by atoms with Crippen molar-refractivity contribution in [3.63, 3.8) is 0 Å². The summed E-state index contributed by atoms with van der Waals surface area (Å²) in [6, 6.07) is 3.98. The van der Waals surface area contributed by atoms with E-state index in [-0.39, 0.29) is 0 Å². The molecule has 2 nitrogen and oxygen atoms in total. The molecular formula is C9H13NOS. The van der Waals surface area contributed by atoms with Crippen LogP contribution in [0.4, 0.5) is 0 Å². The van der Waals surface area contributed by atoms with Crippen LogP contribution in [0, 0.1) is 0 Å². The van der Waals surface area contributed by atoms with Gasteiger partial charge in [0.2, 0.25) is 0 Å². The smallest absolute Gasteiger partial charge is 0.113 e. The van der Waals surface area contributed by atoms with E-state index in [1.165, 1.54) is 13.0 Å². The Bertz CT molecular complexity index is 216. The molecule has 1 aromatic rings. The van der Waals surface area contributed by atoms with Gasteiger partial charge in [0.15, 0.2) is 0 Å². The third-order valence-electron chi connectivity index (χ3n) is 2.06. The van der Waals surface area contributed by atoms with E-state index in [2.05, 4.69) is 5.32 Å². The van der Waals surface area contributed by atoms with E-state index in [4.69, 9.17) is 4.42 Å². The molecule has 1 aromatic heterocycles. The summed E-state index contributed by atoms with van der Waals surface area (Å²) in [6.07, 6.45) is 3.04. The Morgan fingerprint density at radius 2 is 2.67 bits per heavy atom. The summed E-state index contributed by atoms with van der Waals surface area (Å²) >= 11 is 1.99. The molecular weight excluding hydrogens is 170 g/mol. The fourth-order valence-corrected chi connectivity index (χ4v) is 2.45. The van der Waals surface area contributed by atoms with Crippen LogP contribution in [-0.2, 0) is 5.75 Å². The van der Waals surface area contributed by atoms with Gasteiger partial charge in [0, 0.05) is 11.8 Å². The van der Waals surface area contributed by atoms with Crippen molar-refractivity contribution in [1.29, 1.82) is 0 Å². The molecule has 1 fully saturated rings. The zero-order valence-corrected chi connectivity index (χ0v) is 7.77. The van der Waals surface area contributed by atoms with Gasteiger partial charge in [-0.25, -0.2) is 0 Å². The van der Waals surface area contributed by atoms with Gasteiger partial charge in [0.1, 0.15) is 5.76 Å². The van der Waals surface area contributed by atoms with E-state index in [0.29, 0.717) is 0 Å². The van der Waals surface area contributed by atoms with Gasteiger partial charge in [0.25, 0.3) is 0 Å². The van der Waals surface area contributed by atoms with Crippen LogP contribution in [0.25, 0.3) is 0 Å². The molecule has 0 aromatic carbocycles. The summed E-state index contributed by atoms with van der Waals surface area (Å²) in [7, 11) is 0. The van der Waals surface area contributed by atoms with Gasteiger partial charge in [-0.1, -0.05) is 0 Å². The summed E-state index contributed by atoms with van der Waals surface area (Å²) in [4.78, 5) is 0. The minimum Gasteiger partial charge on any atom is -0.468 e. The quantitative estimate of drug-likeness (QED) is 0.774. The van der Waals surface area contributed by atoms with Gasteiger partial charge in [-0.15, -0.1) is 11.8 Å². The van der Waals surface area contributed by atoms with Gasteiger partial charge in [0.05, 0.1) is 12.0 Å². The Morgan fingerprint density at radius 3 is 3.33 bits per heavy atom. The molecule has 0 saturated carbocycles. The van der Waals surface area contributed by atoms with Crippen molar-refractivity contribution in [1.82, 2.24) is 5.32 Å². The Morgan fingerprint density at radius 1 is 1.67 bits per heavy atom. The molecule has 66 valence electrons. The third-order valence-corrected chi connectivity index (χ3v) is 3.38. The summed E-state index contributed by atoms with van der Waals surface area (Å²) < 4.78 is 5.25. The third kappa shape index (κ3) is 2.05. The molecule has 1 N–H and O–H groups in total. The Kier molecular flexibility index (Phi) is 2.74. The maximum Gasteiger partial charge on any atom is 0.113 e. The largest absolute Gasteiger partial charge is 0.468 e. The predicted molar refractivity (Wildman–Crippen MR) is 51.3 cm³/mol. The first-order valence-electron chi connectivity index (χ1n) is 4.30. The van der Waals surface area contributed by atoms with Gasteiger partial charge in [-0.05, 0) is 25.1 Å². The molecule has 0 unspecified atom stereocenters. The Labute approximate surface area is 76.7 Å². The maximum atomic E-state index is 5.25. The minimum absolute atomic E-state index is 0.787. The van der Waals surface area contributed by atoms with Gasteiger partial charge in [-0.3, -0.25) is 0 Å². The van der Waals surface area contributed by atoms with Gasteiger partial charge >= 0.3 is 0 Å². The average molecular weight is 183 g/mol. The van der Waals surface area contributed by atoms with Crippen molar-refractivity contribution in [2.75, 3.05) is 13.1 Å². The standard InChI is InChI=1S/C9H13NOS/c1-2-8(11-5-1)7-12-9-3-4-10-6-9/h1-2,5,9-10H,3-4,6-7H2/t9-/m0/s1. The van der Waals surface area contributed by atoms with Crippen LogP contribution in [0.15, 0.2) is 22.8 Å². The van der Waals surface area contributed by atoms with E-state index >= 15 is 0 Å². The van der Waals surface area contributed by atoms with Crippen molar-refractivity contribution in [2.45, 2.75) is 17.4 Å². The maximum absolute atomic E-state index is 5.25. The number of furan rings is 1. The lowest BCUT2D eigenvalue weighted by atomic mass is 10.4. The second-order valence-electron chi connectivity index (χ2n) is 3.01. The van der Waals surface area contributed by atoms with E-state index in [9.17, 15) is 0 Å². The molecule has 1 atom stereocenters. The Balaban J connectivity index is 1.74. The number of hydrogen-bond donors (Lipinski definition) is 1. The molecule has 2 rings (SSSR count). The van der Waals surface area contributed by atoms with Crippen molar-refractivity contribution in [2.24, 2.45) is 0 Å². The lowest BCUT2D eigenvalue weighted by Gasteiger charge is -2.04. The first kappa shape index (κ1) is 8.20. The van der Waals surface area contributed by atoms with Gasteiger partial charge < -0.3 is 9.73 Å². The number of rotatable bonds is 3. The van der Waals surface area contributed by atoms with Crippen molar-refractivity contribution < 1.29 is 4.42 Å². The highest BCUT2D eigenvalue weighted by Gasteiger charge is 2.14. The molecule has 1 saturated heterocycles. The highest BCUT2D eigenvalue weighted by molar-refractivity contribution is 7.99. The lowest BCUT2D eigenvalue weighted by Crippen LogP contribution is -2.10. The lowest BCUT2D eigenvalue weighted by molar-refractivity contribution is 0.530. The Hall–Kier alpha value is -0.410. The highest BCUT2D eigenvalue weighted by Crippen LogP contribution is 2.21. The van der Waals surface area contributed by atoms with Crippen LogP contribution >= 0.6 is 11.8 Å². The normalized spacial score (nSPS) is 23.2. The van der Waals surface area contributed by atoms with E-state index in [0.717, 1.165) is 23.3 Å². The molecule has 0 spiro atoms. The van der Waals surface area contributed by atoms with E-state index in [1.54, 1.807) is 6.26 Å². The molecule has 2 heterocycles. The number of thioether (sulfide) groups is 1. The van der Waals surface area contributed by atoms with Crippen LogP contribution in [0.5, 0.6) is 0 Å². The second-order valence-corrected chi connectivity index (χ2v) is 4.29. The van der Waals surface area contributed by atoms with Crippen LogP contribution in [0.1, 0.15) is 12.2 Å². The summed E-state index contributed by atoms with van der Waals surface area (Å²) in [6.45, 7) is 2.33. The zero-order chi connectivity index (χ0) is 8.23. The number of hydrogen-bond acceptors (Lipinski definition) is 3. The topological polar surface area (TPSA) is 25.2 Å². The molecule has 3 heteroatoms. The van der Waals surface area contributed by atoms with Crippen molar-refractivity contribution in [3.8, 4) is 0 Å². The van der Waals surface area contributed by atoms with Crippen LogP contribution in [0.3, 0.4) is 0 Å². The van der Waals surface area contributed by atoms with E-state index in [1.807, 2.05) is 23.9 Å². The highest BCUT2D eigenvalue weighted by atomic mass is 32.2. The SMILES string of the molecule is c1coc(CS[C@H]2CCNC2)c1. The monoisotopic (exact) mass is 183 g/mol. The van der Waals surface area contributed by atoms with Crippen molar-refractivity contribution in [3.05, 3.63) is 24.2 Å². The molecule has 1 aliphatic heterocycles. The molecule has 0 radical (unpaired) electrons. The molecule has 1 aliphatic rings. The van der Waals surface area contributed by atoms with Crippen LogP contribution in [0.2, 0.25) is 0 Å². The van der Waals surface area contributed by atoms with Gasteiger partial charge in [-0.2, -0.15) is 0 Å². The second kappa shape index (κ2) is 4.01. The molecule has 0 amide bonds. The number of nitrogens with one attached hydrogen (secondary N) is 1. The van der Waals surface area contributed by atoms with Crippen molar-refractivity contribution >= 4 is 11.8 Å². The summed E-state index contributed by atoms with van der Waals surface area (Å²) in [5, 5.41) is 4.14. The van der Waals surface area contributed by atoms with Crippen LogP contribution in [-0.4, -0.2) is 18.3 Å². The summed E-state index contributed by atoms with van der Waals surface area (Å²) in [5.74, 6) is 2.10. The van der Waals surface area contributed by atoms with Crippen LogP contribution < -0.4 is 5.32 Å². The first-order chi connectivity index (χ1) is 5.95. The predicted octanol–water partition coefficient (Wildman–Crippen LogP) is 1.87.